The molecule has 2 heterocycles. The van der Waals surface area contributed by atoms with Crippen LogP contribution in [0.2, 0.25) is 0 Å². The second-order valence-electron chi connectivity index (χ2n) is 9.53. The zero-order valence-corrected chi connectivity index (χ0v) is 20.3. The van der Waals surface area contributed by atoms with Gasteiger partial charge in [-0.15, -0.1) is 0 Å². The summed E-state index contributed by atoms with van der Waals surface area (Å²) in [5, 5.41) is 0. The van der Waals surface area contributed by atoms with E-state index in [0.717, 1.165) is 24.3 Å². The van der Waals surface area contributed by atoms with Crippen LogP contribution in [0.3, 0.4) is 0 Å². The molecule has 36 heavy (non-hydrogen) atoms. The highest BCUT2D eigenvalue weighted by Crippen LogP contribution is 2.51. The number of nitrogens with one attached hydrogen (secondary N) is 1. The van der Waals surface area contributed by atoms with E-state index in [1.165, 1.54) is 4.31 Å². The highest BCUT2D eigenvalue weighted by Gasteiger charge is 2.56. The van der Waals surface area contributed by atoms with Crippen LogP contribution in [0.5, 0.6) is 0 Å². The molecule has 1 saturated heterocycles. The Kier molecular flexibility index (Phi) is 5.97. The molecule has 1 aliphatic heterocycles. The van der Waals surface area contributed by atoms with Crippen molar-refractivity contribution in [2.24, 2.45) is 5.92 Å². The van der Waals surface area contributed by atoms with Gasteiger partial charge < -0.3 is 0 Å². The Balaban J connectivity index is 1.61. The molecule has 196 valence electrons. The summed E-state index contributed by atoms with van der Waals surface area (Å²) < 4.78 is 124. The minimum Gasteiger partial charge on any atom is -0.250 e. The number of halogens is 5. The Hall–Kier alpha value is -2.16. The topological polar surface area (TPSA) is 96.4 Å². The highest BCUT2D eigenvalue weighted by molar-refractivity contribution is 7.92. The molecule has 0 bridgehead atoms. The van der Waals surface area contributed by atoms with Gasteiger partial charge in [0.25, 0.3) is 10.2 Å². The molecule has 14 heteroatoms. The molecule has 7 nitrogen and oxygen atoms in total. The van der Waals surface area contributed by atoms with Gasteiger partial charge in [0.05, 0.1) is 4.90 Å². The van der Waals surface area contributed by atoms with Crippen molar-refractivity contribution < 1.29 is 38.8 Å². The van der Waals surface area contributed by atoms with Crippen LogP contribution in [-0.4, -0.2) is 44.8 Å². The van der Waals surface area contributed by atoms with E-state index in [9.17, 15) is 34.4 Å². The molecule has 3 unspecified atom stereocenters. The number of sulfone groups is 1. The van der Waals surface area contributed by atoms with Crippen LogP contribution in [0.1, 0.15) is 43.4 Å². The summed E-state index contributed by atoms with van der Waals surface area (Å²) in [7, 11) is -8.38. The number of rotatable bonds is 4. The third kappa shape index (κ3) is 4.21. The average Bonchev–Trinajstić information content (AvgIpc) is 3.64. The normalized spacial score (nSPS) is 29.0. The van der Waals surface area contributed by atoms with Gasteiger partial charge in [0.1, 0.15) is 22.1 Å². The SMILES string of the molecule is O=S1(=O)NC2CCC(c3cc(F)ccc3F)(S(=O)(=O)c3ccc(C(F)(F)F)nc3)CC2CN1C1CC1. The Labute approximate surface area is 204 Å². The molecule has 0 spiro atoms. The molecule has 0 radical (unpaired) electrons. The van der Waals surface area contributed by atoms with Crippen molar-refractivity contribution >= 4 is 20.0 Å². The van der Waals surface area contributed by atoms with E-state index in [0.29, 0.717) is 25.1 Å². The van der Waals surface area contributed by atoms with Crippen LogP contribution in [0.4, 0.5) is 22.0 Å². The highest BCUT2D eigenvalue weighted by atomic mass is 32.2. The molecule has 1 aromatic carbocycles. The molecule has 0 amide bonds. The maximum atomic E-state index is 15.1. The molecular formula is C22H22F5N3O4S2. The second-order valence-corrected chi connectivity index (χ2v) is 13.4. The van der Waals surface area contributed by atoms with Crippen molar-refractivity contribution in [2.45, 2.75) is 60.0 Å². The monoisotopic (exact) mass is 551 g/mol. The lowest BCUT2D eigenvalue weighted by Gasteiger charge is -2.48. The lowest BCUT2D eigenvalue weighted by Crippen LogP contribution is -2.61. The summed E-state index contributed by atoms with van der Waals surface area (Å²) in [5.41, 5.74) is -1.73. The van der Waals surface area contributed by atoms with Crippen molar-refractivity contribution in [3.8, 4) is 0 Å². The van der Waals surface area contributed by atoms with Gasteiger partial charge in [-0.05, 0) is 68.4 Å². The van der Waals surface area contributed by atoms with Gasteiger partial charge in [-0.1, -0.05) is 0 Å². The Bertz CT molecular complexity index is 1400. The lowest BCUT2D eigenvalue weighted by atomic mass is 9.74. The molecule has 1 aromatic heterocycles. The molecule has 2 aliphatic carbocycles. The van der Waals surface area contributed by atoms with Crippen LogP contribution in [-0.2, 0) is 31.0 Å². The van der Waals surface area contributed by atoms with E-state index in [1.807, 2.05) is 0 Å². The predicted molar refractivity (Wildman–Crippen MR) is 117 cm³/mol. The minimum absolute atomic E-state index is 0.00410. The van der Waals surface area contributed by atoms with Crippen LogP contribution < -0.4 is 4.72 Å². The molecule has 2 aromatic rings. The summed E-state index contributed by atoms with van der Waals surface area (Å²) in [4.78, 5) is 2.69. The molecule has 2 saturated carbocycles. The van der Waals surface area contributed by atoms with Gasteiger partial charge in [-0.3, -0.25) is 4.98 Å². The van der Waals surface area contributed by atoms with Crippen molar-refractivity contribution in [1.82, 2.24) is 14.0 Å². The summed E-state index contributed by atoms with van der Waals surface area (Å²) in [6.07, 6.45) is -3.42. The minimum atomic E-state index is -4.79. The number of hydrogen-bond acceptors (Lipinski definition) is 5. The summed E-state index contributed by atoms with van der Waals surface area (Å²) >= 11 is 0. The Morgan fingerprint density at radius 1 is 1.08 bits per heavy atom. The Morgan fingerprint density at radius 3 is 2.42 bits per heavy atom. The van der Waals surface area contributed by atoms with Gasteiger partial charge in [-0.25, -0.2) is 17.2 Å². The van der Waals surface area contributed by atoms with Crippen LogP contribution in [0, 0.1) is 17.6 Å². The number of alkyl halides is 3. The van der Waals surface area contributed by atoms with Gasteiger partial charge in [0.2, 0.25) is 0 Å². The fourth-order valence-electron chi connectivity index (χ4n) is 5.35. The van der Waals surface area contributed by atoms with Gasteiger partial charge in [-0.2, -0.15) is 30.6 Å². The number of pyridine rings is 1. The van der Waals surface area contributed by atoms with E-state index >= 15 is 4.39 Å². The van der Waals surface area contributed by atoms with Gasteiger partial charge >= 0.3 is 6.18 Å². The number of benzene rings is 1. The van der Waals surface area contributed by atoms with E-state index < -0.39 is 70.7 Å². The van der Waals surface area contributed by atoms with Crippen molar-refractivity contribution in [2.75, 3.05) is 6.54 Å². The third-order valence-electron chi connectivity index (χ3n) is 7.27. The van der Waals surface area contributed by atoms with Gasteiger partial charge in [0, 0.05) is 30.4 Å². The van der Waals surface area contributed by atoms with Crippen LogP contribution in [0.25, 0.3) is 0 Å². The van der Waals surface area contributed by atoms with Crippen molar-refractivity contribution in [1.29, 1.82) is 0 Å². The average molecular weight is 552 g/mol. The summed E-state index contributed by atoms with van der Waals surface area (Å²) in [6.45, 7) is 0.00410. The largest absolute Gasteiger partial charge is 0.433 e. The van der Waals surface area contributed by atoms with E-state index in [2.05, 4.69) is 9.71 Å². The fourth-order valence-corrected chi connectivity index (χ4v) is 9.32. The predicted octanol–water partition coefficient (Wildman–Crippen LogP) is 3.53. The smallest absolute Gasteiger partial charge is 0.250 e. The van der Waals surface area contributed by atoms with Gasteiger partial charge in [0.15, 0.2) is 9.84 Å². The summed E-state index contributed by atoms with van der Waals surface area (Å²) in [6, 6.07) is 2.90. The first-order valence-corrected chi connectivity index (χ1v) is 14.2. The molecule has 1 N–H and O–H groups in total. The zero-order valence-electron chi connectivity index (χ0n) is 18.7. The number of aromatic nitrogens is 1. The van der Waals surface area contributed by atoms with E-state index in [1.54, 1.807) is 0 Å². The summed E-state index contributed by atoms with van der Waals surface area (Å²) in [5.74, 6) is -2.42. The van der Waals surface area contributed by atoms with Crippen molar-refractivity contribution in [3.05, 3.63) is 59.4 Å². The standard InChI is InChI=1S/C22H22F5N3O4S2/c23-14-1-5-18(24)17(9-14)21(35(31,32)16-4-6-20(28-11-16)22(25,26)27)8-7-19-13(10-21)12-30(15-2-3-15)36(33,34)29-19/h1,4-6,9,11,13,15,19,29H,2-3,7-8,10,12H2. The second kappa shape index (κ2) is 8.43. The number of nitrogens with zero attached hydrogens (tertiary/aromatic N) is 2. The first kappa shape index (κ1) is 25.5. The maximum absolute atomic E-state index is 15.1. The molecule has 3 atom stereocenters. The number of hydrogen-bond donors (Lipinski definition) is 1. The quantitative estimate of drug-likeness (QED) is 0.587. The first-order valence-electron chi connectivity index (χ1n) is 11.3. The Morgan fingerprint density at radius 2 is 1.81 bits per heavy atom. The maximum Gasteiger partial charge on any atom is 0.433 e. The molecule has 3 fully saturated rings. The van der Waals surface area contributed by atoms with Crippen LogP contribution >= 0.6 is 0 Å². The lowest BCUT2D eigenvalue weighted by molar-refractivity contribution is -0.141. The zero-order chi connectivity index (χ0) is 26.1. The van der Waals surface area contributed by atoms with Crippen LogP contribution in [0.15, 0.2) is 41.4 Å². The fraction of sp³-hybridized carbons (Fsp3) is 0.500. The number of fused-ring (bicyclic) bond motifs is 1. The van der Waals surface area contributed by atoms with Crippen molar-refractivity contribution in [3.63, 3.8) is 0 Å². The third-order valence-corrected chi connectivity index (χ3v) is 11.4. The van der Waals surface area contributed by atoms with E-state index in [4.69, 9.17) is 0 Å². The molecule has 5 rings (SSSR count). The molecular weight excluding hydrogens is 529 g/mol. The molecule has 3 aliphatic rings. The first-order chi connectivity index (χ1) is 16.7. The van der Waals surface area contributed by atoms with E-state index in [-0.39, 0.29) is 31.8 Å².